The fraction of sp³-hybridized carbons (Fsp3) is 0.786. The Labute approximate surface area is 126 Å². The molecule has 0 spiro atoms. The maximum Gasteiger partial charge on any atom is 0.232 e. The van der Waals surface area contributed by atoms with Gasteiger partial charge in [-0.1, -0.05) is 0 Å². The quantitative estimate of drug-likeness (QED) is 0.759. The summed E-state index contributed by atoms with van der Waals surface area (Å²) in [6.45, 7) is 9.01. The molecule has 7 nitrogen and oxygen atoms in total. The monoisotopic (exact) mass is 294 g/mol. The van der Waals surface area contributed by atoms with Crippen LogP contribution in [0, 0.1) is 0 Å². The van der Waals surface area contributed by atoms with Crippen molar-refractivity contribution < 1.29 is 4.74 Å². The molecule has 2 heterocycles. The summed E-state index contributed by atoms with van der Waals surface area (Å²) in [4.78, 5) is 17.4. The van der Waals surface area contributed by atoms with Gasteiger partial charge < -0.3 is 20.3 Å². The largest absolute Gasteiger partial charge is 0.380 e. The molecule has 0 atom stereocenters. The average Bonchev–Trinajstić information content (AvgIpc) is 2.52. The third-order valence-electron chi connectivity index (χ3n) is 3.64. The maximum absolute atomic E-state index is 5.87. The van der Waals surface area contributed by atoms with Crippen LogP contribution in [0.2, 0.25) is 0 Å². The second kappa shape index (κ2) is 7.97. The highest BCUT2D eigenvalue weighted by Crippen LogP contribution is 2.19. The van der Waals surface area contributed by atoms with Crippen molar-refractivity contribution in [3.05, 3.63) is 0 Å². The van der Waals surface area contributed by atoms with Gasteiger partial charge in [0, 0.05) is 32.8 Å². The fourth-order valence-corrected chi connectivity index (χ4v) is 2.46. The maximum atomic E-state index is 5.87. The smallest absolute Gasteiger partial charge is 0.232 e. The minimum atomic E-state index is 0.287. The predicted octanol–water partition coefficient (Wildman–Crippen LogP) is 1.31. The summed E-state index contributed by atoms with van der Waals surface area (Å²) in [7, 11) is 0. The van der Waals surface area contributed by atoms with Crippen molar-refractivity contribution in [2.24, 2.45) is 0 Å². The van der Waals surface area contributed by atoms with E-state index in [1.165, 1.54) is 19.3 Å². The van der Waals surface area contributed by atoms with Gasteiger partial charge in [0.2, 0.25) is 17.8 Å². The molecular weight excluding hydrogens is 268 g/mol. The molecule has 1 aromatic rings. The number of piperidine rings is 1. The first kappa shape index (κ1) is 15.8. The van der Waals surface area contributed by atoms with Crippen molar-refractivity contribution in [2.45, 2.75) is 33.1 Å². The summed E-state index contributed by atoms with van der Waals surface area (Å²) < 4.78 is 5.41. The summed E-state index contributed by atoms with van der Waals surface area (Å²) in [5.74, 6) is 1.63. The van der Waals surface area contributed by atoms with Gasteiger partial charge in [-0.25, -0.2) is 0 Å². The molecule has 0 saturated carbocycles. The summed E-state index contributed by atoms with van der Waals surface area (Å²) in [5.41, 5.74) is 5.87. The van der Waals surface area contributed by atoms with Crippen LogP contribution in [0.4, 0.5) is 17.8 Å². The molecule has 118 valence electrons. The predicted molar refractivity (Wildman–Crippen MR) is 84.7 cm³/mol. The number of aromatic nitrogens is 3. The molecular formula is C14H26N6O. The Bertz CT molecular complexity index is 435. The highest BCUT2D eigenvalue weighted by Gasteiger charge is 2.17. The number of hydrogen-bond acceptors (Lipinski definition) is 7. The molecule has 1 aromatic heterocycles. The third kappa shape index (κ3) is 4.42. The number of rotatable bonds is 7. The van der Waals surface area contributed by atoms with Crippen LogP contribution in [0.15, 0.2) is 0 Å². The van der Waals surface area contributed by atoms with E-state index in [4.69, 9.17) is 10.5 Å². The number of likely N-dealkylation sites (N-methyl/N-ethyl adjacent to an activating group) is 1. The summed E-state index contributed by atoms with van der Waals surface area (Å²) in [5, 5.41) is 0. The minimum absolute atomic E-state index is 0.287. The van der Waals surface area contributed by atoms with Crippen molar-refractivity contribution in [2.75, 3.05) is 54.9 Å². The van der Waals surface area contributed by atoms with Crippen LogP contribution in [0.25, 0.3) is 0 Å². The van der Waals surface area contributed by atoms with E-state index in [9.17, 15) is 0 Å². The topological polar surface area (TPSA) is 80.4 Å². The zero-order chi connectivity index (χ0) is 15.1. The van der Waals surface area contributed by atoms with E-state index in [0.717, 1.165) is 32.8 Å². The van der Waals surface area contributed by atoms with E-state index in [0.29, 0.717) is 18.5 Å². The first-order valence-electron chi connectivity index (χ1n) is 7.83. The van der Waals surface area contributed by atoms with E-state index >= 15 is 0 Å². The zero-order valence-electron chi connectivity index (χ0n) is 13.1. The Morgan fingerprint density at radius 3 is 2.57 bits per heavy atom. The van der Waals surface area contributed by atoms with Gasteiger partial charge in [0.15, 0.2) is 0 Å². The van der Waals surface area contributed by atoms with Crippen LogP contribution >= 0.6 is 0 Å². The number of hydrogen-bond donors (Lipinski definition) is 1. The Balaban J connectivity index is 2.12. The summed E-state index contributed by atoms with van der Waals surface area (Å²) >= 11 is 0. The molecule has 0 aromatic carbocycles. The van der Waals surface area contributed by atoms with E-state index in [-0.39, 0.29) is 5.95 Å². The van der Waals surface area contributed by atoms with Gasteiger partial charge in [0.1, 0.15) is 0 Å². The van der Waals surface area contributed by atoms with Crippen molar-refractivity contribution in [1.82, 2.24) is 15.0 Å². The van der Waals surface area contributed by atoms with Gasteiger partial charge in [0.25, 0.3) is 0 Å². The Hall–Kier alpha value is -1.63. The number of ether oxygens (including phenoxy) is 1. The fourth-order valence-electron chi connectivity index (χ4n) is 2.46. The molecule has 0 unspecified atom stereocenters. The molecule has 1 aliphatic heterocycles. The standard InChI is InChI=1S/C14H26N6O/c1-3-19(10-11-21-4-2)13-16-12(15)17-14(18-13)20-8-6-5-7-9-20/h3-11H2,1-2H3,(H2,15,16,17,18). The van der Waals surface area contributed by atoms with Crippen LogP contribution in [0.5, 0.6) is 0 Å². The van der Waals surface area contributed by atoms with Crippen molar-refractivity contribution >= 4 is 17.8 Å². The molecule has 2 N–H and O–H groups in total. The van der Waals surface area contributed by atoms with Gasteiger partial charge in [0.05, 0.1) is 6.61 Å². The van der Waals surface area contributed by atoms with Crippen LogP contribution in [-0.4, -0.2) is 54.3 Å². The highest BCUT2D eigenvalue weighted by molar-refractivity contribution is 5.43. The number of nitrogen functional groups attached to an aromatic ring is 1. The molecule has 0 bridgehead atoms. The molecule has 2 rings (SSSR count). The van der Waals surface area contributed by atoms with E-state index in [1.807, 2.05) is 6.92 Å². The Morgan fingerprint density at radius 1 is 1.14 bits per heavy atom. The van der Waals surface area contributed by atoms with E-state index in [2.05, 4.69) is 31.7 Å². The normalized spacial score (nSPS) is 15.2. The van der Waals surface area contributed by atoms with Crippen LogP contribution in [0.1, 0.15) is 33.1 Å². The van der Waals surface area contributed by atoms with E-state index < -0.39 is 0 Å². The minimum Gasteiger partial charge on any atom is -0.380 e. The molecule has 1 aliphatic rings. The third-order valence-corrected chi connectivity index (χ3v) is 3.64. The second-order valence-corrected chi connectivity index (χ2v) is 5.12. The number of anilines is 3. The van der Waals surface area contributed by atoms with Gasteiger partial charge in [-0.3, -0.25) is 0 Å². The van der Waals surface area contributed by atoms with Crippen LogP contribution in [-0.2, 0) is 4.74 Å². The number of nitrogens with two attached hydrogens (primary N) is 1. The first-order valence-corrected chi connectivity index (χ1v) is 7.83. The average molecular weight is 294 g/mol. The Kier molecular flexibility index (Phi) is 5.98. The number of nitrogens with zero attached hydrogens (tertiary/aromatic N) is 5. The van der Waals surface area contributed by atoms with Crippen LogP contribution < -0.4 is 15.5 Å². The zero-order valence-corrected chi connectivity index (χ0v) is 13.1. The summed E-state index contributed by atoms with van der Waals surface area (Å²) in [6.07, 6.45) is 3.64. The lowest BCUT2D eigenvalue weighted by Gasteiger charge is -2.28. The lowest BCUT2D eigenvalue weighted by atomic mass is 10.1. The molecule has 1 saturated heterocycles. The lowest BCUT2D eigenvalue weighted by Crippen LogP contribution is -2.33. The van der Waals surface area contributed by atoms with Gasteiger partial charge in [-0.15, -0.1) is 0 Å². The van der Waals surface area contributed by atoms with Crippen molar-refractivity contribution in [3.63, 3.8) is 0 Å². The van der Waals surface area contributed by atoms with Gasteiger partial charge in [-0.05, 0) is 33.1 Å². The first-order chi connectivity index (χ1) is 10.2. The molecule has 1 fully saturated rings. The molecule has 0 aliphatic carbocycles. The highest BCUT2D eigenvalue weighted by atomic mass is 16.5. The SMILES string of the molecule is CCOCCN(CC)c1nc(N)nc(N2CCCCC2)n1. The molecule has 0 radical (unpaired) electrons. The second-order valence-electron chi connectivity index (χ2n) is 5.12. The lowest BCUT2D eigenvalue weighted by molar-refractivity contribution is 0.153. The molecule has 21 heavy (non-hydrogen) atoms. The Morgan fingerprint density at radius 2 is 1.90 bits per heavy atom. The molecule has 0 amide bonds. The van der Waals surface area contributed by atoms with Gasteiger partial charge >= 0.3 is 0 Å². The van der Waals surface area contributed by atoms with Crippen molar-refractivity contribution in [1.29, 1.82) is 0 Å². The van der Waals surface area contributed by atoms with Crippen molar-refractivity contribution in [3.8, 4) is 0 Å². The molecule has 7 heteroatoms. The van der Waals surface area contributed by atoms with E-state index in [1.54, 1.807) is 0 Å². The van der Waals surface area contributed by atoms with Gasteiger partial charge in [-0.2, -0.15) is 15.0 Å². The van der Waals surface area contributed by atoms with Crippen LogP contribution in [0.3, 0.4) is 0 Å². The summed E-state index contributed by atoms with van der Waals surface area (Å²) in [6, 6.07) is 0.